The van der Waals surface area contributed by atoms with Crippen LogP contribution in [0.5, 0.6) is 5.75 Å². The summed E-state index contributed by atoms with van der Waals surface area (Å²) in [6, 6.07) is 9.07. The van der Waals surface area contributed by atoms with E-state index in [1.54, 1.807) is 19.2 Å². The molecule has 17 heavy (non-hydrogen) atoms. The van der Waals surface area contributed by atoms with E-state index in [0.717, 1.165) is 15.9 Å². The maximum atomic E-state index is 5.66. The van der Waals surface area contributed by atoms with Gasteiger partial charge >= 0.3 is 0 Å². The molecule has 6 heteroatoms. The Morgan fingerprint density at radius 1 is 1.24 bits per heavy atom. The van der Waals surface area contributed by atoms with E-state index in [9.17, 15) is 0 Å². The van der Waals surface area contributed by atoms with Crippen LogP contribution in [0, 0.1) is 0 Å². The highest BCUT2D eigenvalue weighted by atomic mass is 79.9. The van der Waals surface area contributed by atoms with E-state index in [0.29, 0.717) is 11.0 Å². The van der Waals surface area contributed by atoms with Gasteiger partial charge in [-0.25, -0.2) is 0 Å². The first-order valence-electron chi connectivity index (χ1n) is 4.79. The zero-order valence-electron chi connectivity index (χ0n) is 8.95. The summed E-state index contributed by atoms with van der Waals surface area (Å²) < 4.78 is 6.19. The number of nitrogens with zero attached hydrogens (tertiary/aromatic N) is 2. The molecule has 0 radical (unpaired) electrons. The topological polar surface area (TPSA) is 47.0 Å². The molecular weight excluding hydrogens is 305 g/mol. The number of methoxy groups -OCH3 is 1. The zero-order chi connectivity index (χ0) is 12.3. The molecule has 0 aliphatic heterocycles. The first kappa shape index (κ1) is 12.1. The molecule has 1 aromatic heterocycles. The van der Waals surface area contributed by atoms with Crippen molar-refractivity contribution in [3.63, 3.8) is 0 Å². The van der Waals surface area contributed by atoms with Crippen LogP contribution >= 0.6 is 27.5 Å². The lowest BCUT2D eigenvalue weighted by molar-refractivity contribution is 0.416. The fraction of sp³-hybridized carbons (Fsp3) is 0.0909. The Bertz CT molecular complexity index is 519. The zero-order valence-corrected chi connectivity index (χ0v) is 11.3. The van der Waals surface area contributed by atoms with Gasteiger partial charge in [-0.05, 0) is 30.3 Å². The molecule has 0 saturated carbocycles. The summed E-state index contributed by atoms with van der Waals surface area (Å²) in [5.74, 6) is 1.33. The van der Waals surface area contributed by atoms with E-state index < -0.39 is 0 Å². The third-order valence-electron chi connectivity index (χ3n) is 2.06. The van der Waals surface area contributed by atoms with Gasteiger partial charge in [-0.15, -0.1) is 10.2 Å². The Balaban J connectivity index is 2.28. The molecular formula is C11H9BrClN3O. The van der Waals surface area contributed by atoms with Crippen LogP contribution in [0.4, 0.5) is 11.5 Å². The number of anilines is 2. The third kappa shape index (κ3) is 3.08. The third-order valence-corrected chi connectivity index (χ3v) is 2.75. The lowest BCUT2D eigenvalue weighted by Crippen LogP contribution is -1.97. The van der Waals surface area contributed by atoms with Crippen molar-refractivity contribution >= 4 is 39.0 Å². The quantitative estimate of drug-likeness (QED) is 0.939. The van der Waals surface area contributed by atoms with Crippen LogP contribution in [0.2, 0.25) is 5.15 Å². The fourth-order valence-corrected chi connectivity index (χ4v) is 1.76. The maximum absolute atomic E-state index is 5.66. The van der Waals surface area contributed by atoms with Crippen molar-refractivity contribution in [2.45, 2.75) is 0 Å². The molecule has 0 saturated heterocycles. The molecule has 0 atom stereocenters. The largest absolute Gasteiger partial charge is 0.495 e. The van der Waals surface area contributed by atoms with Crippen LogP contribution in [0.3, 0.4) is 0 Å². The Morgan fingerprint density at radius 3 is 2.71 bits per heavy atom. The monoisotopic (exact) mass is 313 g/mol. The van der Waals surface area contributed by atoms with Crippen molar-refractivity contribution in [3.8, 4) is 5.75 Å². The highest BCUT2D eigenvalue weighted by Gasteiger charge is 2.05. The van der Waals surface area contributed by atoms with Crippen molar-refractivity contribution in [3.05, 3.63) is 40.0 Å². The second-order valence-electron chi connectivity index (χ2n) is 3.21. The van der Waals surface area contributed by atoms with Crippen molar-refractivity contribution < 1.29 is 4.74 Å². The number of hydrogen-bond donors (Lipinski definition) is 1. The number of ether oxygens (including phenoxy) is 1. The molecule has 1 heterocycles. The molecule has 0 aliphatic rings. The van der Waals surface area contributed by atoms with Crippen LogP contribution in [0.1, 0.15) is 0 Å². The summed E-state index contributed by atoms with van der Waals surface area (Å²) in [6.07, 6.45) is 0. The predicted molar refractivity (Wildman–Crippen MR) is 71.0 cm³/mol. The lowest BCUT2D eigenvalue weighted by Gasteiger charge is -2.10. The van der Waals surface area contributed by atoms with Gasteiger partial charge in [0.15, 0.2) is 11.0 Å². The SMILES string of the molecule is COc1ccc(Br)cc1Nc1ccc(Cl)nn1. The van der Waals surface area contributed by atoms with Gasteiger partial charge in [0.05, 0.1) is 12.8 Å². The first-order valence-corrected chi connectivity index (χ1v) is 5.96. The van der Waals surface area contributed by atoms with Gasteiger partial charge in [-0.1, -0.05) is 27.5 Å². The summed E-state index contributed by atoms with van der Waals surface area (Å²) in [4.78, 5) is 0. The fourth-order valence-electron chi connectivity index (χ4n) is 1.30. The summed E-state index contributed by atoms with van der Waals surface area (Å²) in [6.45, 7) is 0. The van der Waals surface area contributed by atoms with Crippen LogP contribution in [-0.4, -0.2) is 17.3 Å². The molecule has 0 spiro atoms. The van der Waals surface area contributed by atoms with Crippen molar-refractivity contribution in [1.82, 2.24) is 10.2 Å². The second-order valence-corrected chi connectivity index (χ2v) is 4.51. The van der Waals surface area contributed by atoms with E-state index in [-0.39, 0.29) is 0 Å². The molecule has 0 amide bonds. The highest BCUT2D eigenvalue weighted by molar-refractivity contribution is 9.10. The van der Waals surface area contributed by atoms with Gasteiger partial charge < -0.3 is 10.1 Å². The Kier molecular flexibility index (Phi) is 3.81. The number of aromatic nitrogens is 2. The number of benzene rings is 1. The van der Waals surface area contributed by atoms with Crippen molar-refractivity contribution in [2.24, 2.45) is 0 Å². The van der Waals surface area contributed by atoms with Gasteiger partial charge in [0.1, 0.15) is 5.75 Å². The molecule has 0 bridgehead atoms. The van der Waals surface area contributed by atoms with Crippen LogP contribution in [0.25, 0.3) is 0 Å². The van der Waals surface area contributed by atoms with Crippen LogP contribution in [-0.2, 0) is 0 Å². The molecule has 0 unspecified atom stereocenters. The average Bonchev–Trinajstić information content (AvgIpc) is 2.32. The summed E-state index contributed by atoms with van der Waals surface area (Å²) in [5.41, 5.74) is 0.804. The van der Waals surface area contributed by atoms with E-state index in [1.165, 1.54) is 0 Å². The molecule has 0 fully saturated rings. The molecule has 1 N–H and O–H groups in total. The van der Waals surface area contributed by atoms with Gasteiger partial charge in [0.2, 0.25) is 0 Å². The maximum Gasteiger partial charge on any atom is 0.153 e. The van der Waals surface area contributed by atoms with Gasteiger partial charge in [-0.3, -0.25) is 0 Å². The van der Waals surface area contributed by atoms with Crippen molar-refractivity contribution in [1.29, 1.82) is 0 Å². The van der Waals surface area contributed by atoms with Gasteiger partial charge in [0, 0.05) is 4.47 Å². The number of rotatable bonds is 3. The minimum atomic E-state index is 0.358. The first-order chi connectivity index (χ1) is 8.19. The van der Waals surface area contributed by atoms with E-state index in [4.69, 9.17) is 16.3 Å². The smallest absolute Gasteiger partial charge is 0.153 e. The molecule has 4 nitrogen and oxygen atoms in total. The minimum Gasteiger partial charge on any atom is -0.495 e. The van der Waals surface area contributed by atoms with Crippen LogP contribution < -0.4 is 10.1 Å². The summed E-state index contributed by atoms with van der Waals surface area (Å²) in [5, 5.41) is 11.1. The molecule has 0 aliphatic carbocycles. The number of nitrogens with one attached hydrogen (secondary N) is 1. The van der Waals surface area contributed by atoms with Crippen molar-refractivity contribution in [2.75, 3.05) is 12.4 Å². The Labute approximate surface area is 112 Å². The standard InChI is InChI=1S/C11H9BrClN3O/c1-17-9-3-2-7(12)6-8(9)14-11-5-4-10(13)15-16-11/h2-6H,1H3,(H,14,16). The Morgan fingerprint density at radius 2 is 2.06 bits per heavy atom. The molecule has 1 aromatic carbocycles. The summed E-state index contributed by atoms with van der Waals surface area (Å²) in [7, 11) is 1.61. The average molecular weight is 315 g/mol. The summed E-state index contributed by atoms with van der Waals surface area (Å²) >= 11 is 9.06. The van der Waals surface area contributed by atoms with E-state index >= 15 is 0 Å². The Hall–Kier alpha value is -1.33. The van der Waals surface area contributed by atoms with E-state index in [1.807, 2.05) is 18.2 Å². The van der Waals surface area contributed by atoms with Gasteiger partial charge in [0.25, 0.3) is 0 Å². The molecule has 2 rings (SSSR count). The molecule has 88 valence electrons. The van der Waals surface area contributed by atoms with E-state index in [2.05, 4.69) is 31.4 Å². The number of hydrogen-bond acceptors (Lipinski definition) is 4. The number of halogens is 2. The lowest BCUT2D eigenvalue weighted by atomic mass is 10.3. The minimum absolute atomic E-state index is 0.358. The van der Waals surface area contributed by atoms with Gasteiger partial charge in [-0.2, -0.15) is 0 Å². The van der Waals surface area contributed by atoms with Crippen LogP contribution in [0.15, 0.2) is 34.8 Å². The highest BCUT2D eigenvalue weighted by Crippen LogP contribution is 2.29. The molecule has 2 aromatic rings. The predicted octanol–water partition coefficient (Wildman–Crippen LogP) is 3.64. The normalized spacial score (nSPS) is 10.1. The second kappa shape index (κ2) is 5.33.